The van der Waals surface area contributed by atoms with Gasteiger partial charge in [-0.3, -0.25) is 0 Å². The summed E-state index contributed by atoms with van der Waals surface area (Å²) in [5.74, 6) is 6.22. The van der Waals surface area contributed by atoms with Gasteiger partial charge in [0.2, 0.25) is 0 Å². The summed E-state index contributed by atoms with van der Waals surface area (Å²) in [5, 5.41) is 0. The Morgan fingerprint density at radius 1 is 0.944 bits per heavy atom. The summed E-state index contributed by atoms with van der Waals surface area (Å²) in [6.45, 7) is 4.38. The molecule has 2 aromatic rings. The van der Waals surface area contributed by atoms with E-state index in [4.69, 9.17) is 0 Å². The highest BCUT2D eigenvalue weighted by Crippen LogP contribution is 2.30. The molecule has 0 fully saturated rings. The predicted molar refractivity (Wildman–Crippen MR) is 75.5 cm³/mol. The number of rotatable bonds is 3. The van der Waals surface area contributed by atoms with Gasteiger partial charge >= 0.3 is 0 Å². The van der Waals surface area contributed by atoms with E-state index in [0.717, 1.165) is 18.4 Å². The fraction of sp³-hybridized carbons (Fsp3) is 0.222. The zero-order chi connectivity index (χ0) is 12.5. The van der Waals surface area contributed by atoms with E-state index in [2.05, 4.69) is 62.1 Å². The molecule has 1 aliphatic rings. The van der Waals surface area contributed by atoms with Crippen molar-refractivity contribution in [2.24, 2.45) is 0 Å². The normalized spacial score (nSPS) is 11.2. The van der Waals surface area contributed by atoms with Crippen LogP contribution in [0.1, 0.15) is 36.1 Å². The van der Waals surface area contributed by atoms with E-state index in [0.29, 0.717) is 0 Å². The van der Waals surface area contributed by atoms with E-state index in [9.17, 15) is 0 Å². The fourth-order valence-electron chi connectivity index (χ4n) is 2.43. The molecule has 0 unspecified atom stereocenters. The quantitative estimate of drug-likeness (QED) is 0.598. The third-order valence-corrected chi connectivity index (χ3v) is 3.58. The molecule has 0 bridgehead atoms. The van der Waals surface area contributed by atoms with Crippen molar-refractivity contribution in [3.63, 3.8) is 0 Å². The lowest BCUT2D eigenvalue weighted by Gasteiger charge is -2.15. The van der Waals surface area contributed by atoms with E-state index in [1.54, 1.807) is 0 Å². The number of fused-ring (bicyclic) bond motifs is 1. The summed E-state index contributed by atoms with van der Waals surface area (Å²) in [7, 11) is 0. The van der Waals surface area contributed by atoms with Crippen LogP contribution in [-0.2, 0) is 12.8 Å². The molecule has 0 spiro atoms. The molecule has 0 saturated carbocycles. The zero-order valence-electron chi connectivity index (χ0n) is 10.8. The van der Waals surface area contributed by atoms with Gasteiger partial charge in [0, 0.05) is 17.2 Å². The molecule has 0 atom stereocenters. The first-order valence-electron chi connectivity index (χ1n) is 6.52. The van der Waals surface area contributed by atoms with Gasteiger partial charge in [-0.15, -0.1) is 0 Å². The van der Waals surface area contributed by atoms with Crippen molar-refractivity contribution in [2.45, 2.75) is 26.7 Å². The van der Waals surface area contributed by atoms with Crippen LogP contribution in [0.5, 0.6) is 0 Å². The standard InChI is InChI=1S/C18H15/c1-3-13-5-7-14(8-6-13)17-11-9-15-10-12-18(15)16(17)4-2/h5-8,11H,3-4H2,1-2H3. The highest BCUT2D eigenvalue weighted by atomic mass is 14.2. The topological polar surface area (TPSA) is 0 Å². The Morgan fingerprint density at radius 3 is 2.28 bits per heavy atom. The lowest BCUT2D eigenvalue weighted by atomic mass is 9.87. The Bertz CT molecular complexity index is 649. The Labute approximate surface area is 109 Å². The third-order valence-electron chi connectivity index (χ3n) is 3.58. The zero-order valence-corrected chi connectivity index (χ0v) is 10.8. The van der Waals surface area contributed by atoms with Crippen LogP contribution in [0.4, 0.5) is 0 Å². The first-order chi connectivity index (χ1) is 8.83. The number of benzene rings is 2. The van der Waals surface area contributed by atoms with Gasteiger partial charge in [-0.1, -0.05) is 50.0 Å². The van der Waals surface area contributed by atoms with Crippen molar-refractivity contribution >= 4 is 0 Å². The molecule has 3 rings (SSSR count). The number of hydrogen-bond acceptors (Lipinski definition) is 0. The van der Waals surface area contributed by atoms with E-state index in [1.165, 1.54) is 27.8 Å². The molecule has 1 aliphatic carbocycles. The summed E-state index contributed by atoms with van der Waals surface area (Å²) in [6.07, 6.45) is 2.11. The number of hydrogen-bond donors (Lipinski definition) is 0. The molecule has 18 heavy (non-hydrogen) atoms. The Morgan fingerprint density at radius 2 is 1.72 bits per heavy atom. The van der Waals surface area contributed by atoms with Crippen molar-refractivity contribution < 1.29 is 0 Å². The lowest BCUT2D eigenvalue weighted by molar-refractivity contribution is 1.12. The van der Waals surface area contributed by atoms with E-state index in [-0.39, 0.29) is 0 Å². The molecular weight excluding hydrogens is 216 g/mol. The molecule has 0 heteroatoms. The second kappa shape index (κ2) is 4.35. The maximum absolute atomic E-state index is 3.28. The van der Waals surface area contributed by atoms with E-state index < -0.39 is 0 Å². The van der Waals surface area contributed by atoms with Gasteiger partial charge in [0.05, 0.1) is 0 Å². The highest BCUT2D eigenvalue weighted by molar-refractivity contribution is 5.76. The Balaban J connectivity index is 2.10. The van der Waals surface area contributed by atoms with Crippen molar-refractivity contribution in [3.05, 3.63) is 58.7 Å². The maximum Gasteiger partial charge on any atom is 0.0487 e. The average Bonchev–Trinajstić information content (AvgIpc) is 2.39. The predicted octanol–water partition coefficient (Wildman–Crippen LogP) is 3.99. The molecule has 0 aliphatic heterocycles. The van der Waals surface area contributed by atoms with Gasteiger partial charge in [-0.25, -0.2) is 0 Å². The molecule has 0 aromatic heterocycles. The molecule has 0 N–H and O–H groups in total. The van der Waals surface area contributed by atoms with E-state index >= 15 is 0 Å². The number of aryl methyl sites for hydroxylation is 1. The smallest absolute Gasteiger partial charge is 0.0487 e. The molecular formula is C18H15. The van der Waals surface area contributed by atoms with Gasteiger partial charge in [0.1, 0.15) is 0 Å². The van der Waals surface area contributed by atoms with Gasteiger partial charge < -0.3 is 0 Å². The van der Waals surface area contributed by atoms with Gasteiger partial charge in [-0.05, 0) is 41.2 Å². The summed E-state index contributed by atoms with van der Waals surface area (Å²) in [4.78, 5) is 0. The van der Waals surface area contributed by atoms with Crippen molar-refractivity contribution in [3.8, 4) is 23.0 Å². The second-order valence-corrected chi connectivity index (χ2v) is 4.58. The molecule has 1 radical (unpaired) electrons. The van der Waals surface area contributed by atoms with Gasteiger partial charge in [0.15, 0.2) is 0 Å². The van der Waals surface area contributed by atoms with Gasteiger partial charge in [0.25, 0.3) is 0 Å². The fourth-order valence-corrected chi connectivity index (χ4v) is 2.43. The summed E-state index contributed by atoms with van der Waals surface area (Å²) >= 11 is 0. The maximum atomic E-state index is 3.28. The van der Waals surface area contributed by atoms with Crippen LogP contribution in [0.25, 0.3) is 11.1 Å². The monoisotopic (exact) mass is 231 g/mol. The minimum absolute atomic E-state index is 1.02. The summed E-state index contributed by atoms with van der Waals surface area (Å²) in [6, 6.07) is 14.2. The first kappa shape index (κ1) is 11.1. The summed E-state index contributed by atoms with van der Waals surface area (Å²) in [5.41, 5.74) is 7.59. The van der Waals surface area contributed by atoms with Crippen LogP contribution in [-0.4, -0.2) is 0 Å². The Hall–Kier alpha value is -2.00. The molecule has 0 saturated heterocycles. The third kappa shape index (κ3) is 1.64. The molecule has 2 aromatic carbocycles. The molecule has 0 heterocycles. The van der Waals surface area contributed by atoms with Crippen molar-refractivity contribution in [1.82, 2.24) is 0 Å². The van der Waals surface area contributed by atoms with Crippen LogP contribution in [0.3, 0.4) is 0 Å². The Kier molecular flexibility index (Phi) is 2.68. The minimum atomic E-state index is 1.02. The SMILES string of the molecule is CCc1ccc(-c2c[c]c3c(c2CC)C#C3)cc1. The molecule has 0 nitrogen and oxygen atoms in total. The van der Waals surface area contributed by atoms with E-state index in [1.807, 2.05) is 0 Å². The van der Waals surface area contributed by atoms with Gasteiger partial charge in [-0.2, -0.15) is 0 Å². The van der Waals surface area contributed by atoms with Crippen molar-refractivity contribution in [2.75, 3.05) is 0 Å². The van der Waals surface area contributed by atoms with Crippen LogP contribution >= 0.6 is 0 Å². The van der Waals surface area contributed by atoms with Crippen molar-refractivity contribution in [1.29, 1.82) is 0 Å². The average molecular weight is 231 g/mol. The lowest BCUT2D eigenvalue weighted by Crippen LogP contribution is -2.01. The van der Waals surface area contributed by atoms with Crippen LogP contribution in [0.15, 0.2) is 30.3 Å². The minimum Gasteiger partial charge on any atom is -0.0613 e. The first-order valence-corrected chi connectivity index (χ1v) is 6.52. The molecule has 0 amide bonds. The van der Waals surface area contributed by atoms with Crippen LogP contribution in [0.2, 0.25) is 0 Å². The highest BCUT2D eigenvalue weighted by Gasteiger charge is 2.14. The molecule has 87 valence electrons. The largest absolute Gasteiger partial charge is 0.0613 e. The van der Waals surface area contributed by atoms with Crippen LogP contribution in [0, 0.1) is 17.9 Å². The second-order valence-electron chi connectivity index (χ2n) is 4.58. The van der Waals surface area contributed by atoms with Crippen LogP contribution < -0.4 is 0 Å². The summed E-state index contributed by atoms with van der Waals surface area (Å²) < 4.78 is 0.